The van der Waals surface area contributed by atoms with Crippen molar-refractivity contribution in [2.75, 3.05) is 13.1 Å². The first kappa shape index (κ1) is 16.6. The molecule has 118 valence electrons. The number of carbonyl (C=O) groups is 3. The van der Waals surface area contributed by atoms with Crippen LogP contribution in [0.4, 0.5) is 4.79 Å². The standard InChI is InChI=1S/C14H14Cl2N2O4/c15-10-4-3-9(11(16)6-10)8-22-13(20)2-1-5-18-12(19)7-17-14(18)21/h3-4,6H,1-2,5,7-8H2,(H,17,21). The molecule has 0 aliphatic carbocycles. The molecule has 0 bridgehead atoms. The van der Waals surface area contributed by atoms with Gasteiger partial charge in [0.1, 0.15) is 6.61 Å². The molecule has 1 aliphatic rings. The Morgan fingerprint density at radius 3 is 2.73 bits per heavy atom. The van der Waals surface area contributed by atoms with Gasteiger partial charge in [-0.25, -0.2) is 4.79 Å². The molecule has 1 aromatic carbocycles. The second kappa shape index (κ2) is 7.47. The van der Waals surface area contributed by atoms with Crippen molar-refractivity contribution in [3.05, 3.63) is 33.8 Å². The first-order valence-electron chi connectivity index (χ1n) is 6.65. The first-order valence-corrected chi connectivity index (χ1v) is 7.40. The van der Waals surface area contributed by atoms with Crippen LogP contribution >= 0.6 is 23.2 Å². The van der Waals surface area contributed by atoms with E-state index in [0.29, 0.717) is 22.0 Å². The number of carbonyl (C=O) groups excluding carboxylic acids is 3. The highest BCUT2D eigenvalue weighted by Gasteiger charge is 2.27. The summed E-state index contributed by atoms with van der Waals surface area (Å²) in [4.78, 5) is 35.3. The Balaban J connectivity index is 1.72. The smallest absolute Gasteiger partial charge is 0.324 e. The number of amides is 3. The van der Waals surface area contributed by atoms with E-state index >= 15 is 0 Å². The van der Waals surface area contributed by atoms with Crippen molar-refractivity contribution in [1.82, 2.24) is 10.2 Å². The summed E-state index contributed by atoms with van der Waals surface area (Å²) in [6, 6.07) is 4.50. The van der Waals surface area contributed by atoms with Crippen molar-refractivity contribution in [3.8, 4) is 0 Å². The summed E-state index contributed by atoms with van der Waals surface area (Å²) >= 11 is 11.7. The van der Waals surface area contributed by atoms with E-state index in [-0.39, 0.29) is 32.0 Å². The van der Waals surface area contributed by atoms with Crippen LogP contribution in [0.1, 0.15) is 18.4 Å². The molecule has 22 heavy (non-hydrogen) atoms. The van der Waals surface area contributed by atoms with Crippen molar-refractivity contribution in [3.63, 3.8) is 0 Å². The molecule has 0 aromatic heterocycles. The predicted octanol–water partition coefficient (Wildman–Crippen LogP) is 2.37. The zero-order chi connectivity index (χ0) is 16.1. The van der Waals surface area contributed by atoms with Crippen molar-refractivity contribution in [2.45, 2.75) is 19.4 Å². The summed E-state index contributed by atoms with van der Waals surface area (Å²) < 4.78 is 5.10. The van der Waals surface area contributed by atoms with Crippen LogP contribution in [0.25, 0.3) is 0 Å². The van der Waals surface area contributed by atoms with Gasteiger partial charge in [-0.2, -0.15) is 0 Å². The van der Waals surface area contributed by atoms with E-state index in [1.54, 1.807) is 18.2 Å². The second-order valence-electron chi connectivity index (χ2n) is 4.70. The van der Waals surface area contributed by atoms with Gasteiger partial charge in [-0.05, 0) is 18.6 Å². The number of hydrogen-bond acceptors (Lipinski definition) is 4. The normalized spacial score (nSPS) is 14.2. The van der Waals surface area contributed by atoms with Gasteiger partial charge >= 0.3 is 12.0 Å². The molecule has 0 spiro atoms. The molecule has 8 heteroatoms. The van der Waals surface area contributed by atoms with Crippen LogP contribution in [-0.4, -0.2) is 35.9 Å². The molecule has 1 aromatic rings. The van der Waals surface area contributed by atoms with Crippen LogP contribution in [0.3, 0.4) is 0 Å². The minimum Gasteiger partial charge on any atom is -0.461 e. The second-order valence-corrected chi connectivity index (χ2v) is 5.55. The zero-order valence-corrected chi connectivity index (χ0v) is 13.1. The van der Waals surface area contributed by atoms with E-state index in [0.717, 1.165) is 4.90 Å². The molecule has 1 saturated heterocycles. The highest BCUT2D eigenvalue weighted by molar-refractivity contribution is 6.35. The summed E-state index contributed by atoms with van der Waals surface area (Å²) in [5, 5.41) is 3.35. The Bertz CT molecular complexity index is 591. The van der Waals surface area contributed by atoms with Crippen LogP contribution < -0.4 is 5.32 Å². The Kier molecular flexibility index (Phi) is 5.63. The van der Waals surface area contributed by atoms with Gasteiger partial charge in [0.25, 0.3) is 0 Å². The monoisotopic (exact) mass is 344 g/mol. The molecular formula is C14H14Cl2N2O4. The molecular weight excluding hydrogens is 331 g/mol. The highest BCUT2D eigenvalue weighted by atomic mass is 35.5. The van der Waals surface area contributed by atoms with E-state index in [1.165, 1.54) is 0 Å². The number of rotatable bonds is 6. The molecule has 0 unspecified atom stereocenters. The fraction of sp³-hybridized carbons (Fsp3) is 0.357. The summed E-state index contributed by atoms with van der Waals surface area (Å²) in [7, 11) is 0. The van der Waals surface area contributed by atoms with E-state index < -0.39 is 12.0 Å². The van der Waals surface area contributed by atoms with E-state index in [4.69, 9.17) is 27.9 Å². The summed E-state index contributed by atoms with van der Waals surface area (Å²) in [6.07, 6.45) is 0.467. The maximum absolute atomic E-state index is 11.6. The SMILES string of the molecule is O=C(CCCN1C(=O)CNC1=O)OCc1ccc(Cl)cc1Cl. The minimum absolute atomic E-state index is 0.0122. The Hall–Kier alpha value is -1.79. The van der Waals surface area contributed by atoms with Gasteiger partial charge in [0, 0.05) is 28.6 Å². The average molecular weight is 345 g/mol. The van der Waals surface area contributed by atoms with Gasteiger partial charge in [0.05, 0.1) is 6.54 Å². The van der Waals surface area contributed by atoms with Crippen LogP contribution in [-0.2, 0) is 20.9 Å². The van der Waals surface area contributed by atoms with Crippen molar-refractivity contribution < 1.29 is 19.1 Å². The number of hydrogen-bond donors (Lipinski definition) is 1. The van der Waals surface area contributed by atoms with Gasteiger partial charge in [0.15, 0.2) is 0 Å². The number of nitrogens with one attached hydrogen (secondary N) is 1. The third kappa shape index (κ3) is 4.35. The molecule has 0 saturated carbocycles. The lowest BCUT2D eigenvalue weighted by atomic mass is 10.2. The van der Waals surface area contributed by atoms with E-state index in [1.807, 2.05) is 0 Å². The molecule has 2 rings (SSSR count). The molecule has 0 radical (unpaired) electrons. The number of benzene rings is 1. The maximum Gasteiger partial charge on any atom is 0.324 e. The lowest BCUT2D eigenvalue weighted by molar-refractivity contribution is -0.145. The summed E-state index contributed by atoms with van der Waals surface area (Å²) in [5.41, 5.74) is 0.661. The fourth-order valence-electron chi connectivity index (χ4n) is 1.93. The maximum atomic E-state index is 11.6. The van der Waals surface area contributed by atoms with Crippen LogP contribution in [0.5, 0.6) is 0 Å². The average Bonchev–Trinajstić information content (AvgIpc) is 2.78. The molecule has 1 N–H and O–H groups in total. The number of nitrogens with zero attached hydrogens (tertiary/aromatic N) is 1. The van der Waals surface area contributed by atoms with Crippen LogP contribution in [0.2, 0.25) is 10.0 Å². The van der Waals surface area contributed by atoms with Crippen molar-refractivity contribution in [2.24, 2.45) is 0 Å². The Morgan fingerprint density at radius 1 is 1.32 bits per heavy atom. The summed E-state index contributed by atoms with van der Waals surface area (Å²) in [5.74, 6) is -0.704. The van der Waals surface area contributed by atoms with Gasteiger partial charge < -0.3 is 10.1 Å². The molecule has 6 nitrogen and oxygen atoms in total. The van der Waals surface area contributed by atoms with E-state index in [9.17, 15) is 14.4 Å². The van der Waals surface area contributed by atoms with Gasteiger partial charge in [0.2, 0.25) is 5.91 Å². The third-order valence-corrected chi connectivity index (χ3v) is 3.69. The third-order valence-electron chi connectivity index (χ3n) is 3.10. The topological polar surface area (TPSA) is 75.7 Å². The first-order chi connectivity index (χ1) is 10.5. The number of esters is 1. The Labute approximate surface area is 137 Å². The van der Waals surface area contributed by atoms with Gasteiger partial charge in [-0.3, -0.25) is 14.5 Å². The predicted molar refractivity (Wildman–Crippen MR) is 80.6 cm³/mol. The number of urea groups is 1. The fourth-order valence-corrected chi connectivity index (χ4v) is 2.40. The molecule has 0 atom stereocenters. The van der Waals surface area contributed by atoms with Crippen LogP contribution in [0.15, 0.2) is 18.2 Å². The largest absolute Gasteiger partial charge is 0.461 e. The van der Waals surface area contributed by atoms with Crippen LogP contribution in [0, 0.1) is 0 Å². The minimum atomic E-state index is -0.425. The van der Waals surface area contributed by atoms with E-state index in [2.05, 4.69) is 5.32 Å². The summed E-state index contributed by atoms with van der Waals surface area (Å²) in [6.45, 7) is 0.262. The highest BCUT2D eigenvalue weighted by Crippen LogP contribution is 2.21. The Morgan fingerprint density at radius 2 is 2.09 bits per heavy atom. The lowest BCUT2D eigenvalue weighted by Gasteiger charge is -2.11. The van der Waals surface area contributed by atoms with Crippen molar-refractivity contribution in [1.29, 1.82) is 0 Å². The van der Waals surface area contributed by atoms with Gasteiger partial charge in [-0.15, -0.1) is 0 Å². The lowest BCUT2D eigenvalue weighted by Crippen LogP contribution is -2.32. The number of imide groups is 1. The van der Waals surface area contributed by atoms with Gasteiger partial charge in [-0.1, -0.05) is 29.3 Å². The molecule has 1 heterocycles. The van der Waals surface area contributed by atoms with Crippen molar-refractivity contribution >= 4 is 41.1 Å². The molecule has 1 fully saturated rings. The molecule has 1 aliphatic heterocycles. The quantitative estimate of drug-likeness (QED) is 0.634. The number of ether oxygens (including phenoxy) is 1. The number of halogens is 2. The zero-order valence-electron chi connectivity index (χ0n) is 11.6. The molecule has 3 amide bonds.